The van der Waals surface area contributed by atoms with Gasteiger partial charge in [-0.3, -0.25) is 0 Å². The summed E-state index contributed by atoms with van der Waals surface area (Å²) in [5, 5.41) is 4.05. The molecule has 0 radical (unpaired) electrons. The van der Waals surface area contributed by atoms with E-state index in [0.717, 1.165) is 16.2 Å². The molecule has 1 aromatic heterocycles. The summed E-state index contributed by atoms with van der Waals surface area (Å²) in [5.74, 6) is 0. The lowest BCUT2D eigenvalue weighted by Gasteiger charge is -1.98. The van der Waals surface area contributed by atoms with E-state index in [1.807, 2.05) is 0 Å². The van der Waals surface area contributed by atoms with E-state index in [9.17, 15) is 0 Å². The molecule has 0 bridgehead atoms. The van der Waals surface area contributed by atoms with Gasteiger partial charge >= 0.3 is 0 Å². The fourth-order valence-electron chi connectivity index (χ4n) is 1.95. The van der Waals surface area contributed by atoms with Crippen LogP contribution in [0.3, 0.4) is 0 Å². The van der Waals surface area contributed by atoms with E-state index >= 15 is 0 Å². The lowest BCUT2D eigenvalue weighted by molar-refractivity contribution is 1.04. The molecule has 17 heavy (non-hydrogen) atoms. The first-order chi connectivity index (χ1) is 8.22. The van der Waals surface area contributed by atoms with Gasteiger partial charge in [-0.15, -0.1) is 0 Å². The van der Waals surface area contributed by atoms with Crippen molar-refractivity contribution < 1.29 is 0 Å². The minimum atomic E-state index is 0.546. The van der Waals surface area contributed by atoms with Crippen LogP contribution in [-0.4, -0.2) is 15.2 Å². The highest BCUT2D eigenvalue weighted by Gasteiger charge is 2.06. The number of rotatable bonds is 2. The Hall–Kier alpha value is -1.48. The highest BCUT2D eigenvalue weighted by molar-refractivity contribution is 7.99. The summed E-state index contributed by atoms with van der Waals surface area (Å²) in [6.07, 6.45) is 0. The lowest BCUT2D eigenvalue weighted by atomic mass is 10.1. The maximum atomic E-state index is 4.61. The predicted octanol–water partition coefficient (Wildman–Crippen LogP) is 4.22. The van der Waals surface area contributed by atoms with Crippen LogP contribution in [0.25, 0.3) is 21.8 Å². The summed E-state index contributed by atoms with van der Waals surface area (Å²) in [6, 6.07) is 12.7. The average Bonchev–Trinajstić information content (AvgIpc) is 2.65. The van der Waals surface area contributed by atoms with Crippen molar-refractivity contribution in [1.82, 2.24) is 9.97 Å². The average molecular weight is 242 g/mol. The molecule has 3 heteroatoms. The number of benzene rings is 2. The van der Waals surface area contributed by atoms with Gasteiger partial charge in [-0.05, 0) is 22.9 Å². The van der Waals surface area contributed by atoms with Gasteiger partial charge in [-0.1, -0.05) is 49.9 Å². The van der Waals surface area contributed by atoms with Crippen molar-refractivity contribution in [3.8, 4) is 0 Å². The summed E-state index contributed by atoms with van der Waals surface area (Å²) in [4.78, 5) is 7.98. The standard InChI is InChI=1S/C14H14N2S/c1-9(2)17-14-15-12-7-10-5-3-4-6-11(10)8-13(12)16-14/h3-9H,1-2H3,(H,15,16). The topological polar surface area (TPSA) is 28.7 Å². The predicted molar refractivity (Wildman–Crippen MR) is 74.6 cm³/mol. The highest BCUT2D eigenvalue weighted by atomic mass is 32.2. The second-order valence-electron chi connectivity index (χ2n) is 4.43. The molecular weight excluding hydrogens is 228 g/mol. The van der Waals surface area contributed by atoms with Crippen LogP contribution < -0.4 is 0 Å². The molecule has 0 aliphatic carbocycles. The number of nitrogens with zero attached hydrogens (tertiary/aromatic N) is 1. The van der Waals surface area contributed by atoms with Gasteiger partial charge in [-0.25, -0.2) is 4.98 Å². The van der Waals surface area contributed by atoms with E-state index in [-0.39, 0.29) is 0 Å². The van der Waals surface area contributed by atoms with Crippen molar-refractivity contribution >= 4 is 33.6 Å². The van der Waals surface area contributed by atoms with Crippen LogP contribution in [0.4, 0.5) is 0 Å². The number of hydrogen-bond donors (Lipinski definition) is 1. The third-order valence-electron chi connectivity index (χ3n) is 2.67. The molecule has 0 aliphatic heterocycles. The number of aromatic nitrogens is 2. The largest absolute Gasteiger partial charge is 0.333 e. The maximum Gasteiger partial charge on any atom is 0.166 e. The van der Waals surface area contributed by atoms with Crippen molar-refractivity contribution in [3.05, 3.63) is 36.4 Å². The van der Waals surface area contributed by atoms with Crippen LogP contribution in [-0.2, 0) is 0 Å². The molecule has 1 heterocycles. The normalized spacial score (nSPS) is 11.7. The number of imidazole rings is 1. The Morgan fingerprint density at radius 1 is 1.12 bits per heavy atom. The smallest absolute Gasteiger partial charge is 0.166 e. The second-order valence-corrected chi connectivity index (χ2v) is 5.99. The van der Waals surface area contributed by atoms with Crippen molar-refractivity contribution in [2.24, 2.45) is 0 Å². The quantitative estimate of drug-likeness (QED) is 0.682. The van der Waals surface area contributed by atoms with Crippen LogP contribution in [0.15, 0.2) is 41.6 Å². The Bertz CT molecular complexity index is 618. The molecule has 3 rings (SSSR count). The number of H-pyrrole nitrogens is 1. The van der Waals surface area contributed by atoms with Crippen molar-refractivity contribution in [3.63, 3.8) is 0 Å². The Balaban J connectivity index is 2.18. The van der Waals surface area contributed by atoms with Gasteiger partial charge in [0.1, 0.15) is 0 Å². The van der Waals surface area contributed by atoms with Gasteiger partial charge in [-0.2, -0.15) is 0 Å². The molecule has 0 saturated heterocycles. The minimum absolute atomic E-state index is 0.546. The van der Waals surface area contributed by atoms with E-state index in [0.29, 0.717) is 5.25 Å². The zero-order valence-corrected chi connectivity index (χ0v) is 10.7. The molecule has 0 unspecified atom stereocenters. The van der Waals surface area contributed by atoms with Gasteiger partial charge in [0.25, 0.3) is 0 Å². The molecule has 0 fully saturated rings. The van der Waals surface area contributed by atoms with Crippen LogP contribution in [0.5, 0.6) is 0 Å². The summed E-state index contributed by atoms with van der Waals surface area (Å²) < 4.78 is 0. The number of fused-ring (bicyclic) bond motifs is 2. The Morgan fingerprint density at radius 2 is 1.82 bits per heavy atom. The van der Waals surface area contributed by atoms with Crippen molar-refractivity contribution in [2.75, 3.05) is 0 Å². The van der Waals surface area contributed by atoms with Crippen LogP contribution in [0.2, 0.25) is 0 Å². The molecule has 2 aromatic carbocycles. The summed E-state index contributed by atoms with van der Waals surface area (Å²) in [6.45, 7) is 4.35. The van der Waals surface area contributed by atoms with Crippen LogP contribution in [0, 0.1) is 0 Å². The van der Waals surface area contributed by atoms with E-state index in [2.05, 4.69) is 60.2 Å². The van der Waals surface area contributed by atoms with Crippen LogP contribution in [0.1, 0.15) is 13.8 Å². The first kappa shape index (κ1) is 10.7. The van der Waals surface area contributed by atoms with Gasteiger partial charge < -0.3 is 4.98 Å². The Labute approximate surface area is 104 Å². The fourth-order valence-corrected chi connectivity index (χ4v) is 2.72. The fraction of sp³-hybridized carbons (Fsp3) is 0.214. The minimum Gasteiger partial charge on any atom is -0.333 e. The molecule has 3 aromatic rings. The zero-order valence-electron chi connectivity index (χ0n) is 9.90. The monoisotopic (exact) mass is 242 g/mol. The second kappa shape index (κ2) is 4.08. The van der Waals surface area contributed by atoms with Gasteiger partial charge in [0.05, 0.1) is 11.0 Å². The third-order valence-corrected chi connectivity index (χ3v) is 3.56. The SMILES string of the molecule is CC(C)Sc1nc2cc3ccccc3cc2[nH]1. The summed E-state index contributed by atoms with van der Waals surface area (Å²) in [7, 11) is 0. The molecule has 0 spiro atoms. The zero-order chi connectivity index (χ0) is 11.8. The Morgan fingerprint density at radius 3 is 2.53 bits per heavy atom. The molecular formula is C14H14N2S. The maximum absolute atomic E-state index is 4.61. The van der Waals surface area contributed by atoms with Crippen molar-refractivity contribution in [2.45, 2.75) is 24.3 Å². The Kier molecular flexibility index (Phi) is 2.56. The third kappa shape index (κ3) is 2.03. The number of thioether (sulfide) groups is 1. The number of nitrogens with one attached hydrogen (secondary N) is 1. The van der Waals surface area contributed by atoms with Gasteiger partial charge in [0.15, 0.2) is 5.16 Å². The van der Waals surface area contributed by atoms with Gasteiger partial charge in [0, 0.05) is 5.25 Å². The molecule has 86 valence electrons. The highest BCUT2D eigenvalue weighted by Crippen LogP contribution is 2.26. The van der Waals surface area contributed by atoms with Crippen molar-refractivity contribution in [1.29, 1.82) is 0 Å². The van der Waals surface area contributed by atoms with E-state index in [1.54, 1.807) is 11.8 Å². The molecule has 0 atom stereocenters. The van der Waals surface area contributed by atoms with Crippen LogP contribution >= 0.6 is 11.8 Å². The van der Waals surface area contributed by atoms with Gasteiger partial charge in [0.2, 0.25) is 0 Å². The molecule has 1 N–H and O–H groups in total. The van der Waals surface area contributed by atoms with E-state index in [1.165, 1.54) is 10.8 Å². The summed E-state index contributed by atoms with van der Waals surface area (Å²) in [5.41, 5.74) is 2.17. The molecule has 0 amide bonds. The van der Waals surface area contributed by atoms with E-state index in [4.69, 9.17) is 0 Å². The first-order valence-electron chi connectivity index (χ1n) is 5.77. The van der Waals surface area contributed by atoms with E-state index < -0.39 is 0 Å². The lowest BCUT2D eigenvalue weighted by Crippen LogP contribution is -1.86. The number of hydrogen-bond acceptors (Lipinski definition) is 2. The molecule has 2 nitrogen and oxygen atoms in total. The molecule has 0 saturated carbocycles. The first-order valence-corrected chi connectivity index (χ1v) is 6.65. The summed E-state index contributed by atoms with van der Waals surface area (Å²) >= 11 is 1.76. The number of aromatic amines is 1. The molecule has 0 aliphatic rings.